The molecule has 1 unspecified atom stereocenters. The first-order chi connectivity index (χ1) is 9.04. The number of halogens is 2. The van der Waals surface area contributed by atoms with Gasteiger partial charge in [0.2, 0.25) is 0 Å². The Morgan fingerprint density at radius 1 is 1.37 bits per heavy atom. The van der Waals surface area contributed by atoms with Gasteiger partial charge in [-0.15, -0.1) is 11.3 Å². The molecule has 0 saturated heterocycles. The van der Waals surface area contributed by atoms with Crippen molar-refractivity contribution < 1.29 is 4.39 Å². The Labute approximate surface area is 126 Å². The normalized spacial score (nSPS) is 12.7. The average molecular weight is 342 g/mol. The summed E-state index contributed by atoms with van der Waals surface area (Å²) in [5.41, 5.74) is 2.21. The lowest BCUT2D eigenvalue weighted by atomic mass is 10.0. The Balaban J connectivity index is 2.51. The molecule has 1 aromatic heterocycles. The fraction of sp³-hybridized carbons (Fsp3) is 0.333. The summed E-state index contributed by atoms with van der Waals surface area (Å²) in [6.07, 6.45) is 0. The predicted octanol–water partition coefficient (Wildman–Crippen LogP) is 4.97. The van der Waals surface area contributed by atoms with Crippen molar-refractivity contribution in [2.24, 2.45) is 0 Å². The van der Waals surface area contributed by atoms with E-state index in [-0.39, 0.29) is 11.9 Å². The number of hydrogen-bond acceptors (Lipinski definition) is 2. The maximum absolute atomic E-state index is 13.7. The van der Waals surface area contributed by atoms with E-state index in [0.29, 0.717) is 4.47 Å². The predicted molar refractivity (Wildman–Crippen MR) is 83.4 cm³/mol. The van der Waals surface area contributed by atoms with Crippen molar-refractivity contribution in [3.8, 4) is 0 Å². The second-order valence-electron chi connectivity index (χ2n) is 4.54. The zero-order chi connectivity index (χ0) is 14.0. The summed E-state index contributed by atoms with van der Waals surface area (Å²) in [6.45, 7) is 7.11. The zero-order valence-corrected chi connectivity index (χ0v) is 13.7. The standard InChI is InChI=1S/C15H17BrFNS/c1-4-18-14(15-9(2)8-10(3)19-15)11-6-5-7-12(17)13(11)16/h5-8,14,18H,4H2,1-3H3. The molecule has 0 spiro atoms. The highest BCUT2D eigenvalue weighted by atomic mass is 79.9. The highest BCUT2D eigenvalue weighted by Crippen LogP contribution is 2.35. The summed E-state index contributed by atoms with van der Waals surface area (Å²) in [5, 5.41) is 3.45. The molecular weight excluding hydrogens is 325 g/mol. The Kier molecular flexibility index (Phi) is 4.76. The molecule has 0 aliphatic rings. The van der Waals surface area contributed by atoms with Crippen molar-refractivity contribution in [2.45, 2.75) is 26.8 Å². The molecule has 0 amide bonds. The summed E-state index contributed by atoms with van der Waals surface area (Å²) in [6, 6.07) is 7.42. The van der Waals surface area contributed by atoms with Crippen LogP contribution in [0.3, 0.4) is 0 Å². The fourth-order valence-electron chi connectivity index (χ4n) is 2.24. The molecule has 1 heterocycles. The lowest BCUT2D eigenvalue weighted by Crippen LogP contribution is -2.22. The van der Waals surface area contributed by atoms with Gasteiger partial charge in [0.05, 0.1) is 10.5 Å². The maximum Gasteiger partial charge on any atom is 0.137 e. The molecule has 0 radical (unpaired) electrons. The Morgan fingerprint density at radius 2 is 2.11 bits per heavy atom. The van der Waals surface area contributed by atoms with Gasteiger partial charge in [-0.1, -0.05) is 19.1 Å². The minimum Gasteiger partial charge on any atom is -0.306 e. The fourth-order valence-corrected chi connectivity index (χ4v) is 3.86. The van der Waals surface area contributed by atoms with Crippen LogP contribution >= 0.6 is 27.3 Å². The van der Waals surface area contributed by atoms with Gasteiger partial charge in [0.25, 0.3) is 0 Å². The van der Waals surface area contributed by atoms with Crippen LogP contribution in [0.15, 0.2) is 28.7 Å². The van der Waals surface area contributed by atoms with Crippen LogP contribution < -0.4 is 5.32 Å². The molecule has 2 aromatic rings. The lowest BCUT2D eigenvalue weighted by Gasteiger charge is -2.20. The van der Waals surface area contributed by atoms with Gasteiger partial charge in [-0.05, 0) is 59.6 Å². The first-order valence-electron chi connectivity index (χ1n) is 6.28. The summed E-state index contributed by atoms with van der Waals surface area (Å²) in [7, 11) is 0. The van der Waals surface area contributed by atoms with Crippen molar-refractivity contribution >= 4 is 27.3 Å². The van der Waals surface area contributed by atoms with E-state index in [1.165, 1.54) is 21.4 Å². The van der Waals surface area contributed by atoms with Crippen molar-refractivity contribution in [3.63, 3.8) is 0 Å². The van der Waals surface area contributed by atoms with Crippen LogP contribution in [0.25, 0.3) is 0 Å². The van der Waals surface area contributed by atoms with Crippen molar-refractivity contribution in [1.29, 1.82) is 0 Å². The van der Waals surface area contributed by atoms with Gasteiger partial charge in [0.1, 0.15) is 5.82 Å². The van der Waals surface area contributed by atoms with E-state index in [4.69, 9.17) is 0 Å². The molecule has 102 valence electrons. The van der Waals surface area contributed by atoms with Gasteiger partial charge in [-0.2, -0.15) is 0 Å². The van der Waals surface area contributed by atoms with Crippen LogP contribution in [0.1, 0.15) is 33.8 Å². The molecule has 1 N–H and O–H groups in total. The minimum atomic E-state index is -0.216. The number of nitrogens with one attached hydrogen (secondary N) is 1. The number of benzene rings is 1. The van der Waals surface area contributed by atoms with Crippen molar-refractivity contribution in [1.82, 2.24) is 5.32 Å². The van der Waals surface area contributed by atoms with Crippen LogP contribution in [-0.4, -0.2) is 6.54 Å². The number of rotatable bonds is 4. The summed E-state index contributed by atoms with van der Waals surface area (Å²) < 4.78 is 14.3. The first-order valence-corrected chi connectivity index (χ1v) is 7.89. The highest BCUT2D eigenvalue weighted by molar-refractivity contribution is 9.10. The number of aryl methyl sites for hydroxylation is 2. The second-order valence-corrected chi connectivity index (χ2v) is 6.62. The van der Waals surface area contributed by atoms with Crippen LogP contribution in [0, 0.1) is 19.7 Å². The molecule has 0 aliphatic heterocycles. The van der Waals surface area contributed by atoms with E-state index in [1.54, 1.807) is 17.4 Å². The lowest BCUT2D eigenvalue weighted by molar-refractivity contribution is 0.598. The van der Waals surface area contributed by atoms with Gasteiger partial charge in [-0.25, -0.2) is 4.39 Å². The van der Waals surface area contributed by atoms with Crippen LogP contribution in [0.5, 0.6) is 0 Å². The highest BCUT2D eigenvalue weighted by Gasteiger charge is 2.21. The number of hydrogen-bond donors (Lipinski definition) is 1. The van der Waals surface area contributed by atoms with Gasteiger partial charge in [-0.3, -0.25) is 0 Å². The van der Waals surface area contributed by atoms with Crippen LogP contribution in [0.4, 0.5) is 4.39 Å². The molecule has 2 rings (SSSR count). The van der Waals surface area contributed by atoms with Crippen molar-refractivity contribution in [3.05, 3.63) is 55.4 Å². The monoisotopic (exact) mass is 341 g/mol. The van der Waals surface area contributed by atoms with Gasteiger partial charge >= 0.3 is 0 Å². The van der Waals surface area contributed by atoms with Gasteiger partial charge < -0.3 is 5.32 Å². The Hall–Kier alpha value is -0.710. The molecule has 0 bridgehead atoms. The van der Waals surface area contributed by atoms with E-state index >= 15 is 0 Å². The van der Waals surface area contributed by atoms with E-state index in [0.717, 1.165) is 12.1 Å². The Bertz CT molecular complexity index is 580. The molecule has 1 aromatic carbocycles. The second kappa shape index (κ2) is 6.16. The SMILES string of the molecule is CCNC(c1cccc(F)c1Br)c1sc(C)cc1C. The smallest absolute Gasteiger partial charge is 0.137 e. The van der Waals surface area contributed by atoms with Gasteiger partial charge in [0.15, 0.2) is 0 Å². The van der Waals surface area contributed by atoms with E-state index in [2.05, 4.69) is 48.1 Å². The molecule has 0 fully saturated rings. The molecule has 4 heteroatoms. The topological polar surface area (TPSA) is 12.0 Å². The minimum absolute atomic E-state index is 0.0359. The summed E-state index contributed by atoms with van der Waals surface area (Å²) in [5.74, 6) is -0.216. The average Bonchev–Trinajstić information content (AvgIpc) is 2.69. The third kappa shape index (κ3) is 3.07. The summed E-state index contributed by atoms with van der Waals surface area (Å²) in [4.78, 5) is 2.54. The van der Waals surface area contributed by atoms with E-state index in [9.17, 15) is 4.39 Å². The molecule has 19 heavy (non-hydrogen) atoms. The largest absolute Gasteiger partial charge is 0.306 e. The third-order valence-electron chi connectivity index (χ3n) is 3.04. The summed E-state index contributed by atoms with van der Waals surface area (Å²) >= 11 is 5.14. The molecule has 1 atom stereocenters. The third-order valence-corrected chi connectivity index (χ3v) is 5.10. The Morgan fingerprint density at radius 3 is 2.68 bits per heavy atom. The van der Waals surface area contributed by atoms with Crippen LogP contribution in [0.2, 0.25) is 0 Å². The molecule has 0 aliphatic carbocycles. The zero-order valence-electron chi connectivity index (χ0n) is 11.3. The van der Waals surface area contributed by atoms with E-state index in [1.807, 2.05) is 6.07 Å². The molecule has 1 nitrogen and oxygen atoms in total. The first kappa shape index (κ1) is 14.7. The van der Waals surface area contributed by atoms with Gasteiger partial charge in [0, 0.05) is 9.75 Å². The molecule has 0 saturated carbocycles. The van der Waals surface area contributed by atoms with E-state index < -0.39 is 0 Å². The maximum atomic E-state index is 13.7. The number of thiophene rings is 1. The van der Waals surface area contributed by atoms with Crippen molar-refractivity contribution in [2.75, 3.05) is 6.54 Å². The van der Waals surface area contributed by atoms with Crippen LogP contribution in [-0.2, 0) is 0 Å². The quantitative estimate of drug-likeness (QED) is 0.828. The molecular formula is C15H17BrFNS.